The molecule has 0 fully saturated rings. The minimum Gasteiger partial charge on any atom is -0.252 e. The van der Waals surface area contributed by atoms with Crippen molar-refractivity contribution in [1.29, 1.82) is 0 Å². The lowest BCUT2D eigenvalue weighted by Gasteiger charge is -2.04. The number of hydrogen-bond donors (Lipinski definition) is 0. The van der Waals surface area contributed by atoms with Gasteiger partial charge in [-0.3, -0.25) is 4.98 Å². The van der Waals surface area contributed by atoms with Crippen LogP contribution in [-0.2, 0) is 0 Å². The molecule has 2 rings (SSSR count). The van der Waals surface area contributed by atoms with Gasteiger partial charge >= 0.3 is 0 Å². The van der Waals surface area contributed by atoms with Gasteiger partial charge in [0, 0.05) is 5.56 Å². The van der Waals surface area contributed by atoms with Crippen LogP contribution in [0.5, 0.6) is 0 Å². The highest BCUT2D eigenvalue weighted by Gasteiger charge is 2.07. The van der Waals surface area contributed by atoms with E-state index in [-0.39, 0.29) is 0 Å². The van der Waals surface area contributed by atoms with Crippen LogP contribution in [0.4, 0.5) is 0 Å². The van der Waals surface area contributed by atoms with Gasteiger partial charge < -0.3 is 0 Å². The van der Waals surface area contributed by atoms with Crippen LogP contribution in [0.3, 0.4) is 0 Å². The fraction of sp³-hybridized carbons (Fsp3) is 0. The molecule has 0 unspecified atom stereocenters. The van der Waals surface area contributed by atoms with E-state index >= 15 is 0 Å². The van der Waals surface area contributed by atoms with Crippen molar-refractivity contribution in [3.63, 3.8) is 0 Å². The predicted octanol–water partition coefficient (Wildman–Crippen LogP) is 4.06. The third-order valence-corrected chi connectivity index (χ3v) is 3.22. The first-order valence-corrected chi connectivity index (χ1v) is 5.94. The molecule has 2 nitrogen and oxygen atoms in total. The van der Waals surface area contributed by atoms with Crippen molar-refractivity contribution in [3.05, 3.63) is 44.3 Å². The van der Waals surface area contributed by atoms with Gasteiger partial charge in [-0.15, -0.1) is 0 Å². The van der Waals surface area contributed by atoms with Gasteiger partial charge in [0.25, 0.3) is 0 Å². The Morgan fingerprint density at radius 1 is 1.07 bits per heavy atom. The molecule has 0 amide bonds. The molecule has 76 valence electrons. The van der Waals surface area contributed by atoms with Crippen LogP contribution >= 0.6 is 45.8 Å². The molecule has 0 aliphatic heterocycles. The van der Waals surface area contributed by atoms with E-state index in [2.05, 4.69) is 32.6 Å². The van der Waals surface area contributed by atoms with Gasteiger partial charge in [0.1, 0.15) is 3.70 Å². The summed E-state index contributed by atoms with van der Waals surface area (Å²) in [6, 6.07) is 5.45. The van der Waals surface area contributed by atoms with Crippen molar-refractivity contribution in [2.45, 2.75) is 0 Å². The number of halogens is 3. The molecule has 2 aromatic rings. The van der Waals surface area contributed by atoms with Gasteiger partial charge in [-0.25, -0.2) is 4.98 Å². The van der Waals surface area contributed by atoms with Gasteiger partial charge in [0.15, 0.2) is 0 Å². The van der Waals surface area contributed by atoms with Crippen LogP contribution in [0, 0.1) is 3.70 Å². The van der Waals surface area contributed by atoms with Crippen LogP contribution in [0.15, 0.2) is 30.6 Å². The van der Waals surface area contributed by atoms with E-state index in [9.17, 15) is 0 Å². The summed E-state index contributed by atoms with van der Waals surface area (Å²) in [5, 5.41) is 1.03. The average molecular weight is 351 g/mol. The van der Waals surface area contributed by atoms with Gasteiger partial charge in [-0.2, -0.15) is 0 Å². The molecule has 1 aromatic carbocycles. The second-order valence-corrected chi connectivity index (χ2v) is 4.72. The number of rotatable bonds is 1. The summed E-state index contributed by atoms with van der Waals surface area (Å²) in [6.07, 6.45) is 3.37. The highest BCUT2D eigenvalue weighted by atomic mass is 127. The molecule has 0 bridgehead atoms. The van der Waals surface area contributed by atoms with Crippen molar-refractivity contribution in [1.82, 2.24) is 9.97 Å². The molecule has 0 aliphatic carbocycles. The summed E-state index contributed by atoms with van der Waals surface area (Å²) in [7, 11) is 0. The summed E-state index contributed by atoms with van der Waals surface area (Å²) in [4.78, 5) is 8.39. The van der Waals surface area contributed by atoms with Crippen LogP contribution in [0.1, 0.15) is 0 Å². The Morgan fingerprint density at radius 3 is 2.53 bits per heavy atom. The van der Waals surface area contributed by atoms with Crippen LogP contribution in [0.2, 0.25) is 10.0 Å². The van der Waals surface area contributed by atoms with E-state index in [0.29, 0.717) is 10.0 Å². The Kier molecular flexibility index (Phi) is 3.43. The largest absolute Gasteiger partial charge is 0.252 e. The molecule has 0 saturated carbocycles. The first kappa shape index (κ1) is 11.1. The lowest BCUT2D eigenvalue weighted by atomic mass is 10.1. The first-order valence-electron chi connectivity index (χ1n) is 4.10. The van der Waals surface area contributed by atoms with Crippen molar-refractivity contribution in [2.24, 2.45) is 0 Å². The number of hydrogen-bond acceptors (Lipinski definition) is 2. The predicted molar refractivity (Wildman–Crippen MR) is 70.2 cm³/mol. The third-order valence-electron chi connectivity index (χ3n) is 1.85. The second-order valence-electron chi connectivity index (χ2n) is 2.83. The molecule has 0 N–H and O–H groups in total. The number of aromatic nitrogens is 2. The number of benzene rings is 1. The Balaban J connectivity index is 2.54. The highest BCUT2D eigenvalue weighted by Crippen LogP contribution is 2.31. The Labute approximate surface area is 111 Å². The SMILES string of the molecule is Clc1cccc(-c2cnc(I)cn2)c1Cl. The zero-order valence-corrected chi connectivity index (χ0v) is 11.1. The number of nitrogens with zero attached hydrogens (tertiary/aromatic N) is 2. The van der Waals surface area contributed by atoms with Crippen molar-refractivity contribution in [3.8, 4) is 11.3 Å². The third kappa shape index (κ3) is 2.41. The van der Waals surface area contributed by atoms with Gasteiger partial charge in [-0.05, 0) is 28.7 Å². The Bertz CT molecular complexity index is 485. The van der Waals surface area contributed by atoms with E-state index < -0.39 is 0 Å². The fourth-order valence-corrected chi connectivity index (χ4v) is 1.83. The van der Waals surface area contributed by atoms with Gasteiger partial charge in [-0.1, -0.05) is 35.3 Å². The molecule has 1 heterocycles. The average Bonchev–Trinajstić information content (AvgIpc) is 2.24. The molecule has 0 spiro atoms. The second kappa shape index (κ2) is 4.63. The maximum absolute atomic E-state index is 6.07. The van der Waals surface area contributed by atoms with Crippen molar-refractivity contribution >= 4 is 45.8 Å². The van der Waals surface area contributed by atoms with Gasteiger partial charge in [0.05, 0.1) is 28.1 Å². The van der Waals surface area contributed by atoms with E-state index in [1.807, 2.05) is 12.1 Å². The van der Waals surface area contributed by atoms with E-state index in [1.54, 1.807) is 18.5 Å². The lowest BCUT2D eigenvalue weighted by Crippen LogP contribution is -1.88. The summed E-state index contributed by atoms with van der Waals surface area (Å²) >= 11 is 14.1. The Morgan fingerprint density at radius 2 is 1.87 bits per heavy atom. The highest BCUT2D eigenvalue weighted by molar-refractivity contribution is 14.1. The van der Waals surface area contributed by atoms with E-state index in [0.717, 1.165) is 15.0 Å². The quantitative estimate of drug-likeness (QED) is 0.725. The zero-order chi connectivity index (χ0) is 10.8. The molecule has 1 aromatic heterocycles. The topological polar surface area (TPSA) is 25.8 Å². The summed E-state index contributed by atoms with van der Waals surface area (Å²) < 4.78 is 0.842. The molecule has 0 atom stereocenters. The van der Waals surface area contributed by atoms with Crippen LogP contribution in [0.25, 0.3) is 11.3 Å². The summed E-state index contributed by atoms with van der Waals surface area (Å²) in [5.41, 5.74) is 1.52. The first-order chi connectivity index (χ1) is 7.18. The molecule has 5 heteroatoms. The molecule has 0 aliphatic rings. The standard InChI is InChI=1S/C10H5Cl2IN2/c11-7-3-1-2-6(10(7)12)8-4-15-9(13)5-14-8/h1-5H. The molecular weight excluding hydrogens is 346 g/mol. The van der Waals surface area contributed by atoms with E-state index in [4.69, 9.17) is 23.2 Å². The maximum Gasteiger partial charge on any atom is 0.119 e. The summed E-state index contributed by atoms with van der Waals surface area (Å²) in [5.74, 6) is 0. The summed E-state index contributed by atoms with van der Waals surface area (Å²) in [6.45, 7) is 0. The van der Waals surface area contributed by atoms with Crippen LogP contribution in [-0.4, -0.2) is 9.97 Å². The molecule has 0 radical (unpaired) electrons. The molecule has 15 heavy (non-hydrogen) atoms. The maximum atomic E-state index is 6.07. The van der Waals surface area contributed by atoms with E-state index in [1.165, 1.54) is 0 Å². The van der Waals surface area contributed by atoms with Crippen LogP contribution < -0.4 is 0 Å². The molecule has 0 saturated heterocycles. The monoisotopic (exact) mass is 350 g/mol. The Hall–Kier alpha value is -0.390. The fourth-order valence-electron chi connectivity index (χ4n) is 1.15. The molecular formula is C10H5Cl2IN2. The van der Waals surface area contributed by atoms with Crippen molar-refractivity contribution in [2.75, 3.05) is 0 Å². The lowest BCUT2D eigenvalue weighted by molar-refractivity contribution is 1.17. The minimum atomic E-state index is 0.509. The normalized spacial score (nSPS) is 10.3. The van der Waals surface area contributed by atoms with Crippen molar-refractivity contribution < 1.29 is 0 Å². The minimum absolute atomic E-state index is 0.509. The van der Waals surface area contributed by atoms with Gasteiger partial charge in [0.2, 0.25) is 0 Å². The smallest absolute Gasteiger partial charge is 0.119 e. The zero-order valence-electron chi connectivity index (χ0n) is 7.42.